The van der Waals surface area contributed by atoms with Gasteiger partial charge in [-0.25, -0.2) is 0 Å². The lowest BCUT2D eigenvalue weighted by molar-refractivity contribution is -0.123. The number of carbonyl (C=O) groups is 2. The van der Waals surface area contributed by atoms with Crippen molar-refractivity contribution in [2.75, 3.05) is 46.1 Å². The molecule has 0 bridgehead atoms. The highest BCUT2D eigenvalue weighted by molar-refractivity contribution is 5.77. The molecule has 0 saturated heterocycles. The van der Waals surface area contributed by atoms with Crippen LogP contribution in [0.1, 0.15) is 48.8 Å². The predicted molar refractivity (Wildman–Crippen MR) is 131 cm³/mol. The summed E-state index contributed by atoms with van der Waals surface area (Å²) >= 11 is 0. The van der Waals surface area contributed by atoms with E-state index < -0.39 is 0 Å². The lowest BCUT2D eigenvalue weighted by atomic mass is 10.2. The van der Waals surface area contributed by atoms with Gasteiger partial charge in [0.2, 0.25) is 17.7 Å². The molecule has 192 valence electrons. The van der Waals surface area contributed by atoms with Gasteiger partial charge in [0, 0.05) is 33.8 Å². The third-order valence-electron chi connectivity index (χ3n) is 4.53. The highest BCUT2D eigenvalue weighted by Gasteiger charge is 2.11. The summed E-state index contributed by atoms with van der Waals surface area (Å²) in [5.41, 5.74) is 0.784. The molecule has 0 unspecified atom stereocenters. The summed E-state index contributed by atoms with van der Waals surface area (Å²) in [5.74, 6) is 1.95. The summed E-state index contributed by atoms with van der Waals surface area (Å²) in [6.07, 6.45) is 0.335. The molecular weight excluding hydrogens is 440 g/mol. The van der Waals surface area contributed by atoms with Crippen LogP contribution >= 0.6 is 0 Å². The maximum absolute atomic E-state index is 11.9. The first-order valence-electron chi connectivity index (χ1n) is 11.6. The Morgan fingerprint density at radius 1 is 0.941 bits per heavy atom. The van der Waals surface area contributed by atoms with Gasteiger partial charge in [0.25, 0.3) is 5.91 Å². The molecule has 2 aromatic rings. The number of amides is 2. The summed E-state index contributed by atoms with van der Waals surface area (Å²) < 4.78 is 21.9. The molecule has 2 amide bonds. The second-order valence-electron chi connectivity index (χ2n) is 8.44. The van der Waals surface area contributed by atoms with E-state index in [-0.39, 0.29) is 27.2 Å². The quantitative estimate of drug-likeness (QED) is 0.351. The second-order valence-corrected chi connectivity index (χ2v) is 8.44. The van der Waals surface area contributed by atoms with Crippen LogP contribution in [0.5, 0.6) is 5.75 Å². The van der Waals surface area contributed by atoms with Crippen molar-refractivity contribution < 1.29 is 31.1 Å². The minimum atomic E-state index is -0.241. The van der Waals surface area contributed by atoms with Crippen LogP contribution in [0.3, 0.4) is 0 Å². The summed E-state index contributed by atoms with van der Waals surface area (Å²) in [4.78, 5) is 23.5. The topological polar surface area (TPSA) is 125 Å². The van der Waals surface area contributed by atoms with Gasteiger partial charge in [-0.05, 0) is 30.2 Å². The zero-order chi connectivity index (χ0) is 24.8. The maximum Gasteiger partial charge on any atom is 0.258 e. The minimum Gasteiger partial charge on any atom is -0.484 e. The molecule has 0 saturated carbocycles. The van der Waals surface area contributed by atoms with Crippen LogP contribution in [0.25, 0.3) is 11.5 Å². The molecule has 0 radical (unpaired) electrons. The maximum atomic E-state index is 11.9. The fourth-order valence-electron chi connectivity index (χ4n) is 2.63. The number of nitrogens with zero attached hydrogens (tertiary/aromatic N) is 2. The van der Waals surface area contributed by atoms with Gasteiger partial charge in [-0.3, -0.25) is 9.59 Å². The van der Waals surface area contributed by atoms with Crippen LogP contribution < -0.4 is 15.4 Å². The lowest BCUT2D eigenvalue weighted by Crippen LogP contribution is -2.32. The largest absolute Gasteiger partial charge is 0.484 e. The second kappa shape index (κ2) is 15.0. The van der Waals surface area contributed by atoms with Gasteiger partial charge in [0.15, 0.2) is 6.61 Å². The zero-order valence-corrected chi connectivity index (χ0v) is 20.5. The fraction of sp³-hybridized carbons (Fsp3) is 0.583. The van der Waals surface area contributed by atoms with E-state index in [1.54, 1.807) is 24.3 Å². The van der Waals surface area contributed by atoms with E-state index in [1.165, 1.54) is 0 Å². The number of aromatic nitrogens is 2. The van der Waals surface area contributed by atoms with Crippen LogP contribution in [-0.4, -0.2) is 68.1 Å². The van der Waals surface area contributed by atoms with Gasteiger partial charge >= 0.3 is 0 Å². The monoisotopic (exact) mass is 480 g/mol. The predicted octanol–water partition coefficient (Wildman–Crippen LogP) is 3.04. The number of benzene rings is 1. The van der Waals surface area contributed by atoms with Gasteiger partial charge in [0.05, 0.1) is 26.4 Å². The SMILES string of the molecule is CC(C)CNC(=O)CCOCCOCCNC(=O)COc1ccc(-c2nnc(C(C)C)o2)cc1.[HH].[HH]. The van der Waals surface area contributed by atoms with E-state index in [4.69, 9.17) is 18.6 Å². The normalized spacial score (nSPS) is 11.1. The highest BCUT2D eigenvalue weighted by atomic mass is 16.5. The van der Waals surface area contributed by atoms with Crippen molar-refractivity contribution in [1.82, 2.24) is 20.8 Å². The number of rotatable bonds is 16. The lowest BCUT2D eigenvalue weighted by Gasteiger charge is -2.09. The molecule has 0 aliphatic heterocycles. The Morgan fingerprint density at radius 2 is 1.65 bits per heavy atom. The van der Waals surface area contributed by atoms with Crippen molar-refractivity contribution in [2.24, 2.45) is 5.92 Å². The average Bonchev–Trinajstić information content (AvgIpc) is 3.31. The molecule has 2 rings (SSSR count). The molecule has 34 heavy (non-hydrogen) atoms. The molecule has 0 spiro atoms. The van der Waals surface area contributed by atoms with Crippen molar-refractivity contribution in [1.29, 1.82) is 0 Å². The van der Waals surface area contributed by atoms with Gasteiger partial charge in [-0.1, -0.05) is 27.7 Å². The fourth-order valence-corrected chi connectivity index (χ4v) is 2.63. The molecular formula is C24H40N4O6. The van der Waals surface area contributed by atoms with Gasteiger partial charge in [-0.2, -0.15) is 0 Å². The van der Waals surface area contributed by atoms with Crippen LogP contribution in [0.2, 0.25) is 0 Å². The Morgan fingerprint density at radius 3 is 2.29 bits per heavy atom. The molecule has 1 heterocycles. The van der Waals surface area contributed by atoms with E-state index in [1.807, 2.05) is 27.7 Å². The smallest absolute Gasteiger partial charge is 0.258 e. The Labute approximate surface area is 203 Å². The Bertz CT molecular complexity index is 878. The van der Waals surface area contributed by atoms with Crippen molar-refractivity contribution in [3.8, 4) is 17.2 Å². The van der Waals surface area contributed by atoms with Crippen molar-refractivity contribution in [2.45, 2.75) is 40.0 Å². The van der Waals surface area contributed by atoms with E-state index in [0.29, 0.717) is 69.4 Å². The van der Waals surface area contributed by atoms with E-state index in [0.717, 1.165) is 5.56 Å². The summed E-state index contributed by atoms with van der Waals surface area (Å²) in [5, 5.41) is 13.6. The average molecular weight is 481 g/mol. The first-order valence-corrected chi connectivity index (χ1v) is 11.6. The van der Waals surface area contributed by atoms with Crippen molar-refractivity contribution >= 4 is 11.8 Å². The molecule has 0 aliphatic carbocycles. The molecule has 2 N–H and O–H groups in total. The van der Waals surface area contributed by atoms with Gasteiger partial charge in [0.1, 0.15) is 5.75 Å². The van der Waals surface area contributed by atoms with E-state index in [2.05, 4.69) is 20.8 Å². The summed E-state index contributed by atoms with van der Waals surface area (Å²) in [6.45, 7) is 10.5. The number of ether oxygens (including phenoxy) is 3. The molecule has 0 atom stereocenters. The Kier molecular flexibility index (Phi) is 12.0. The summed E-state index contributed by atoms with van der Waals surface area (Å²) in [7, 11) is 0. The molecule has 0 aliphatic rings. The Balaban J connectivity index is 0.00000612. The molecule has 1 aromatic heterocycles. The first kappa shape index (κ1) is 27.3. The van der Waals surface area contributed by atoms with Crippen LogP contribution in [0, 0.1) is 5.92 Å². The molecule has 0 fully saturated rings. The van der Waals surface area contributed by atoms with Gasteiger partial charge in [-0.15, -0.1) is 10.2 Å². The molecule has 10 nitrogen and oxygen atoms in total. The van der Waals surface area contributed by atoms with Gasteiger partial charge < -0.3 is 29.3 Å². The number of hydrogen-bond acceptors (Lipinski definition) is 8. The third kappa shape index (κ3) is 10.8. The zero-order valence-electron chi connectivity index (χ0n) is 20.5. The molecule has 1 aromatic carbocycles. The minimum absolute atomic E-state index is 0. The van der Waals surface area contributed by atoms with Crippen molar-refractivity contribution in [3.05, 3.63) is 30.2 Å². The van der Waals surface area contributed by atoms with Crippen molar-refractivity contribution in [3.63, 3.8) is 0 Å². The van der Waals surface area contributed by atoms with Crippen LogP contribution in [0.4, 0.5) is 0 Å². The van der Waals surface area contributed by atoms with E-state index in [9.17, 15) is 9.59 Å². The van der Waals surface area contributed by atoms with Crippen LogP contribution in [0.15, 0.2) is 28.7 Å². The summed E-state index contributed by atoms with van der Waals surface area (Å²) in [6, 6.07) is 7.11. The molecule has 10 heteroatoms. The highest BCUT2D eigenvalue weighted by Crippen LogP contribution is 2.23. The Hall–Kier alpha value is -2.98. The van der Waals surface area contributed by atoms with E-state index >= 15 is 0 Å². The number of nitrogens with one attached hydrogen (secondary N) is 2. The van der Waals surface area contributed by atoms with Crippen LogP contribution in [-0.2, 0) is 19.1 Å². The first-order chi connectivity index (χ1) is 16.3. The standard InChI is InChI=1S/C24H36N4O6.2H2/c1-17(2)15-26-21(29)9-11-31-13-14-32-12-10-25-22(30)16-33-20-7-5-19(6-8-20)24-28-27-23(34-24)18(3)4;;/h5-8,17-18H,9-16H2,1-4H3,(H,25,30)(H,26,29);2*1H. The third-order valence-corrected chi connectivity index (χ3v) is 4.53. The number of carbonyl (C=O) groups excluding carboxylic acids is 2. The number of hydrogen-bond donors (Lipinski definition) is 2.